The molecule has 1 aromatic carbocycles. The smallest absolute Gasteiger partial charge is 0.251 e. The van der Waals surface area contributed by atoms with E-state index in [-0.39, 0.29) is 17.3 Å². The van der Waals surface area contributed by atoms with Crippen molar-refractivity contribution in [1.82, 2.24) is 14.9 Å². The van der Waals surface area contributed by atoms with Gasteiger partial charge in [0, 0.05) is 28.0 Å². The number of nitrogens with zero attached hydrogens (tertiary/aromatic N) is 2. The Bertz CT molecular complexity index is 1120. The minimum absolute atomic E-state index is 0.00428. The molecule has 5 heteroatoms. The fourth-order valence-electron chi connectivity index (χ4n) is 5.34. The summed E-state index contributed by atoms with van der Waals surface area (Å²) in [6.45, 7) is 4.22. The van der Waals surface area contributed by atoms with Crippen molar-refractivity contribution in [1.29, 1.82) is 0 Å². The van der Waals surface area contributed by atoms with Crippen LogP contribution in [0, 0.1) is 12.7 Å². The normalized spacial score (nSPS) is 18.7. The standard InChI is InChI=1S/C26H30FN3O/c1-17-21-15-18(25(31)29-26(2)13-6-14-26)9-12-23(21)30(20-7-4-3-5-8-20)24(17)22-11-10-19(27)16-28-22/h9-12,15-16,20H,3-8,13-14H2,1-2H3,(H,29,31). The summed E-state index contributed by atoms with van der Waals surface area (Å²) in [5.74, 6) is -0.333. The number of benzene rings is 1. The van der Waals surface area contributed by atoms with Gasteiger partial charge in [-0.15, -0.1) is 0 Å². The average molecular weight is 420 g/mol. The van der Waals surface area contributed by atoms with Gasteiger partial charge in [-0.05, 0) is 81.8 Å². The van der Waals surface area contributed by atoms with Crippen molar-refractivity contribution in [3.05, 3.63) is 53.5 Å². The lowest BCUT2D eigenvalue weighted by Crippen LogP contribution is -2.50. The van der Waals surface area contributed by atoms with Crippen LogP contribution in [0.2, 0.25) is 0 Å². The number of hydrogen-bond acceptors (Lipinski definition) is 2. The van der Waals surface area contributed by atoms with Crippen LogP contribution in [0.1, 0.15) is 80.3 Å². The van der Waals surface area contributed by atoms with Crippen LogP contribution in [0.15, 0.2) is 36.5 Å². The number of aromatic nitrogens is 2. The van der Waals surface area contributed by atoms with Crippen molar-refractivity contribution in [2.75, 3.05) is 0 Å². The van der Waals surface area contributed by atoms with Gasteiger partial charge in [-0.3, -0.25) is 9.78 Å². The van der Waals surface area contributed by atoms with E-state index < -0.39 is 0 Å². The molecule has 31 heavy (non-hydrogen) atoms. The third kappa shape index (κ3) is 3.64. The molecule has 2 heterocycles. The first-order valence-electron chi connectivity index (χ1n) is 11.5. The Morgan fingerprint density at radius 2 is 1.90 bits per heavy atom. The van der Waals surface area contributed by atoms with E-state index in [1.807, 2.05) is 12.1 Å². The number of nitrogens with one attached hydrogen (secondary N) is 1. The topological polar surface area (TPSA) is 46.9 Å². The molecule has 2 aliphatic rings. The lowest BCUT2D eigenvalue weighted by Gasteiger charge is -2.39. The van der Waals surface area contributed by atoms with Crippen molar-refractivity contribution < 1.29 is 9.18 Å². The molecule has 0 atom stereocenters. The van der Waals surface area contributed by atoms with Gasteiger partial charge < -0.3 is 9.88 Å². The molecule has 0 aliphatic heterocycles. The van der Waals surface area contributed by atoms with Crippen LogP contribution in [0.3, 0.4) is 0 Å². The van der Waals surface area contributed by atoms with Gasteiger partial charge in [-0.1, -0.05) is 19.3 Å². The maximum absolute atomic E-state index is 13.6. The Labute approximate surface area is 182 Å². The number of amides is 1. The minimum atomic E-state index is -0.329. The zero-order chi connectivity index (χ0) is 21.6. The molecule has 3 aromatic rings. The molecule has 4 nitrogen and oxygen atoms in total. The summed E-state index contributed by atoms with van der Waals surface area (Å²) in [4.78, 5) is 17.3. The second-order valence-electron chi connectivity index (χ2n) is 9.60. The SMILES string of the molecule is Cc1c(-c2ccc(F)cn2)n(C2CCCCC2)c2ccc(C(=O)NC3(C)CCC3)cc12. The molecule has 162 valence electrons. The summed E-state index contributed by atoms with van der Waals surface area (Å²) in [5.41, 5.74) is 4.70. The van der Waals surface area contributed by atoms with E-state index in [1.165, 1.54) is 37.9 Å². The monoisotopic (exact) mass is 419 g/mol. The molecule has 1 amide bonds. The molecule has 1 N–H and O–H groups in total. The van der Waals surface area contributed by atoms with Crippen LogP contribution in [0.4, 0.5) is 4.39 Å². The number of pyridine rings is 1. The van der Waals surface area contributed by atoms with Crippen LogP contribution >= 0.6 is 0 Å². The van der Waals surface area contributed by atoms with E-state index in [2.05, 4.69) is 34.8 Å². The summed E-state index contributed by atoms with van der Waals surface area (Å²) < 4.78 is 16.0. The first-order chi connectivity index (χ1) is 15.0. The highest BCUT2D eigenvalue weighted by atomic mass is 19.1. The van der Waals surface area contributed by atoms with Gasteiger partial charge >= 0.3 is 0 Å². The number of aryl methyl sites for hydroxylation is 1. The van der Waals surface area contributed by atoms with Gasteiger partial charge in [0.1, 0.15) is 5.82 Å². The largest absolute Gasteiger partial charge is 0.347 e. The Morgan fingerprint density at radius 1 is 1.13 bits per heavy atom. The number of carbonyl (C=O) groups excluding carboxylic acids is 1. The molecule has 2 aliphatic carbocycles. The van der Waals surface area contributed by atoms with E-state index in [9.17, 15) is 9.18 Å². The molecule has 2 saturated carbocycles. The highest BCUT2D eigenvalue weighted by molar-refractivity contribution is 6.01. The van der Waals surface area contributed by atoms with Crippen molar-refractivity contribution in [2.24, 2.45) is 0 Å². The second-order valence-corrected chi connectivity index (χ2v) is 9.60. The van der Waals surface area contributed by atoms with Gasteiger partial charge in [0.25, 0.3) is 5.91 Å². The number of carbonyl (C=O) groups is 1. The molecular formula is C26H30FN3O. The van der Waals surface area contributed by atoms with Crippen LogP contribution in [0.25, 0.3) is 22.3 Å². The van der Waals surface area contributed by atoms with Gasteiger partial charge in [0.15, 0.2) is 0 Å². The van der Waals surface area contributed by atoms with Crippen molar-refractivity contribution >= 4 is 16.8 Å². The van der Waals surface area contributed by atoms with Crippen LogP contribution < -0.4 is 5.32 Å². The molecule has 0 unspecified atom stereocenters. The zero-order valence-electron chi connectivity index (χ0n) is 18.4. The summed E-state index contributed by atoms with van der Waals surface area (Å²) in [7, 11) is 0. The summed E-state index contributed by atoms with van der Waals surface area (Å²) in [6.07, 6.45) is 10.5. The van der Waals surface area contributed by atoms with Crippen LogP contribution in [-0.2, 0) is 0 Å². The van der Waals surface area contributed by atoms with Crippen molar-refractivity contribution in [2.45, 2.75) is 76.8 Å². The highest BCUT2D eigenvalue weighted by Crippen LogP contribution is 2.40. The van der Waals surface area contributed by atoms with E-state index >= 15 is 0 Å². The summed E-state index contributed by atoms with van der Waals surface area (Å²) in [5, 5.41) is 4.30. The Hall–Kier alpha value is -2.69. The van der Waals surface area contributed by atoms with E-state index in [0.29, 0.717) is 11.6 Å². The van der Waals surface area contributed by atoms with Gasteiger partial charge in [0.05, 0.1) is 17.6 Å². The summed E-state index contributed by atoms with van der Waals surface area (Å²) >= 11 is 0. The Balaban J connectivity index is 1.62. The molecule has 0 bridgehead atoms. The van der Waals surface area contributed by atoms with E-state index in [0.717, 1.165) is 53.5 Å². The number of hydrogen-bond donors (Lipinski definition) is 1. The lowest BCUT2D eigenvalue weighted by molar-refractivity contribution is 0.0850. The quantitative estimate of drug-likeness (QED) is 0.537. The second kappa shape index (κ2) is 7.77. The fourth-order valence-corrected chi connectivity index (χ4v) is 5.34. The molecule has 0 spiro atoms. The molecular weight excluding hydrogens is 389 g/mol. The fraction of sp³-hybridized carbons (Fsp3) is 0.462. The molecule has 5 rings (SSSR count). The third-order valence-corrected chi connectivity index (χ3v) is 7.30. The maximum atomic E-state index is 13.6. The van der Waals surface area contributed by atoms with E-state index in [4.69, 9.17) is 0 Å². The highest BCUT2D eigenvalue weighted by Gasteiger charge is 2.33. The van der Waals surface area contributed by atoms with Gasteiger partial charge in [-0.2, -0.15) is 0 Å². The number of halogens is 1. The zero-order valence-corrected chi connectivity index (χ0v) is 18.4. The lowest BCUT2D eigenvalue weighted by atomic mass is 9.78. The molecule has 2 fully saturated rings. The van der Waals surface area contributed by atoms with Crippen molar-refractivity contribution in [3.63, 3.8) is 0 Å². The number of fused-ring (bicyclic) bond motifs is 1. The predicted molar refractivity (Wildman–Crippen MR) is 122 cm³/mol. The van der Waals surface area contributed by atoms with Gasteiger partial charge in [-0.25, -0.2) is 4.39 Å². The van der Waals surface area contributed by atoms with Crippen LogP contribution in [-0.4, -0.2) is 21.0 Å². The van der Waals surface area contributed by atoms with Crippen LogP contribution in [0.5, 0.6) is 0 Å². The number of rotatable bonds is 4. The van der Waals surface area contributed by atoms with Crippen molar-refractivity contribution in [3.8, 4) is 11.4 Å². The third-order valence-electron chi connectivity index (χ3n) is 7.30. The molecule has 2 aromatic heterocycles. The molecule has 0 radical (unpaired) electrons. The first-order valence-corrected chi connectivity index (χ1v) is 11.5. The summed E-state index contributed by atoms with van der Waals surface area (Å²) in [6, 6.07) is 9.70. The van der Waals surface area contributed by atoms with Gasteiger partial charge in [0.2, 0.25) is 0 Å². The molecule has 0 saturated heterocycles. The first kappa shape index (κ1) is 20.2. The average Bonchev–Trinajstić information content (AvgIpc) is 3.05. The Kier molecular flexibility index (Phi) is 5.07. The predicted octanol–water partition coefficient (Wildman–Crippen LogP) is 6.33. The minimum Gasteiger partial charge on any atom is -0.347 e. The Morgan fingerprint density at radius 3 is 2.55 bits per heavy atom. The maximum Gasteiger partial charge on any atom is 0.251 e. The van der Waals surface area contributed by atoms with E-state index in [1.54, 1.807) is 6.07 Å².